The summed E-state index contributed by atoms with van der Waals surface area (Å²) in [5.74, 6) is -1.55. The molecule has 0 unspecified atom stereocenters. The lowest BCUT2D eigenvalue weighted by atomic mass is 10.2. The number of para-hydroxylation sites is 3. The average molecular weight is 529 g/mol. The molecule has 0 fully saturated rings. The Morgan fingerprint density at radius 2 is 1.58 bits per heavy atom. The van der Waals surface area contributed by atoms with Crippen LogP contribution in [0.15, 0.2) is 71.8 Å². The number of hydrazone groups is 1. The highest BCUT2D eigenvalue weighted by molar-refractivity contribution is 6.39. The number of rotatable bonds is 9. The number of hydrogen-bond acceptors (Lipinski definition) is 6. The van der Waals surface area contributed by atoms with Crippen molar-refractivity contribution in [2.75, 3.05) is 23.8 Å². The van der Waals surface area contributed by atoms with Crippen LogP contribution in [0.1, 0.15) is 12.5 Å². The molecule has 0 aliphatic rings. The van der Waals surface area contributed by atoms with Gasteiger partial charge in [-0.2, -0.15) is 5.10 Å². The van der Waals surface area contributed by atoms with Gasteiger partial charge < -0.3 is 20.1 Å². The van der Waals surface area contributed by atoms with Gasteiger partial charge in [0.05, 0.1) is 29.2 Å². The fraction of sp³-hybridized carbons (Fsp3) is 0.120. The first kappa shape index (κ1) is 26.5. The Balaban J connectivity index is 1.55. The van der Waals surface area contributed by atoms with E-state index in [0.717, 1.165) is 0 Å². The van der Waals surface area contributed by atoms with Crippen molar-refractivity contribution >= 4 is 58.5 Å². The lowest BCUT2D eigenvalue weighted by Gasteiger charge is -2.11. The van der Waals surface area contributed by atoms with E-state index in [4.69, 9.17) is 32.7 Å². The highest BCUT2D eigenvalue weighted by Gasteiger charge is 2.15. The molecule has 11 heteroatoms. The first-order valence-corrected chi connectivity index (χ1v) is 11.5. The maximum atomic E-state index is 12.3. The van der Waals surface area contributed by atoms with E-state index in [1.165, 1.54) is 12.3 Å². The molecule has 0 bridgehead atoms. The maximum Gasteiger partial charge on any atom is 0.329 e. The topological polar surface area (TPSA) is 118 Å². The van der Waals surface area contributed by atoms with Crippen molar-refractivity contribution in [3.63, 3.8) is 0 Å². The van der Waals surface area contributed by atoms with Crippen LogP contribution >= 0.6 is 23.2 Å². The molecule has 0 aromatic heterocycles. The molecule has 186 valence electrons. The molecule has 0 aliphatic heterocycles. The van der Waals surface area contributed by atoms with Crippen molar-refractivity contribution in [1.82, 2.24) is 5.43 Å². The van der Waals surface area contributed by atoms with E-state index < -0.39 is 17.7 Å². The van der Waals surface area contributed by atoms with E-state index in [1.807, 2.05) is 6.92 Å². The van der Waals surface area contributed by atoms with Crippen LogP contribution in [-0.2, 0) is 14.4 Å². The second kappa shape index (κ2) is 13.1. The zero-order valence-electron chi connectivity index (χ0n) is 19.1. The van der Waals surface area contributed by atoms with Gasteiger partial charge in [-0.3, -0.25) is 14.4 Å². The number of ether oxygens (including phenoxy) is 2. The smallest absolute Gasteiger partial charge is 0.329 e. The fourth-order valence-electron chi connectivity index (χ4n) is 2.88. The molecule has 0 aliphatic carbocycles. The molecule has 3 rings (SSSR count). The van der Waals surface area contributed by atoms with Gasteiger partial charge in [0.1, 0.15) is 11.5 Å². The van der Waals surface area contributed by atoms with Crippen LogP contribution in [-0.4, -0.2) is 37.1 Å². The van der Waals surface area contributed by atoms with Crippen molar-refractivity contribution < 1.29 is 23.9 Å². The summed E-state index contributed by atoms with van der Waals surface area (Å²) in [6.07, 6.45) is 1.29. The summed E-state index contributed by atoms with van der Waals surface area (Å²) in [4.78, 5) is 36.6. The van der Waals surface area contributed by atoms with Crippen molar-refractivity contribution in [1.29, 1.82) is 0 Å². The Morgan fingerprint density at radius 3 is 2.33 bits per heavy atom. The van der Waals surface area contributed by atoms with Crippen LogP contribution in [0.2, 0.25) is 10.0 Å². The summed E-state index contributed by atoms with van der Waals surface area (Å²) in [5, 5.41) is 9.66. The molecule has 3 amide bonds. The van der Waals surface area contributed by atoms with E-state index in [0.29, 0.717) is 45.1 Å². The van der Waals surface area contributed by atoms with Gasteiger partial charge in [-0.1, -0.05) is 47.5 Å². The molecule has 0 saturated carbocycles. The lowest BCUT2D eigenvalue weighted by Crippen LogP contribution is -2.32. The van der Waals surface area contributed by atoms with E-state index in [2.05, 4.69) is 21.2 Å². The monoisotopic (exact) mass is 528 g/mol. The summed E-state index contributed by atoms with van der Waals surface area (Å²) >= 11 is 11.9. The minimum atomic E-state index is -0.977. The quantitative estimate of drug-likeness (QED) is 0.214. The highest BCUT2D eigenvalue weighted by atomic mass is 35.5. The normalized spacial score (nSPS) is 10.5. The summed E-state index contributed by atoms with van der Waals surface area (Å²) in [6.45, 7) is 1.91. The third-order valence-electron chi connectivity index (χ3n) is 4.49. The summed E-state index contributed by atoms with van der Waals surface area (Å²) in [6, 6.07) is 18.2. The van der Waals surface area contributed by atoms with Crippen molar-refractivity contribution in [3.8, 4) is 11.5 Å². The number of amides is 3. The van der Waals surface area contributed by atoms with Crippen LogP contribution in [0.25, 0.3) is 0 Å². The number of anilines is 2. The van der Waals surface area contributed by atoms with Crippen LogP contribution < -0.4 is 25.5 Å². The number of nitrogens with one attached hydrogen (secondary N) is 3. The number of carbonyl (C=O) groups excluding carboxylic acids is 3. The third kappa shape index (κ3) is 7.72. The van der Waals surface area contributed by atoms with Gasteiger partial charge in [-0.25, -0.2) is 5.43 Å². The fourth-order valence-corrected chi connectivity index (χ4v) is 3.34. The van der Waals surface area contributed by atoms with Gasteiger partial charge in [-0.15, -0.1) is 0 Å². The first-order chi connectivity index (χ1) is 17.4. The lowest BCUT2D eigenvalue weighted by molar-refractivity contribution is -0.136. The number of benzene rings is 3. The Labute approximate surface area is 217 Å². The van der Waals surface area contributed by atoms with Gasteiger partial charge in [0, 0.05) is 10.6 Å². The molecule has 3 aromatic carbocycles. The summed E-state index contributed by atoms with van der Waals surface area (Å²) in [7, 11) is 0. The summed E-state index contributed by atoms with van der Waals surface area (Å²) in [5.41, 5.74) is 3.38. The molecular formula is C25H22Cl2N4O5. The van der Waals surface area contributed by atoms with E-state index in [-0.39, 0.29) is 6.61 Å². The number of hydrogen-bond donors (Lipinski definition) is 3. The molecule has 0 saturated heterocycles. The van der Waals surface area contributed by atoms with Crippen LogP contribution in [0.5, 0.6) is 11.5 Å². The number of nitrogens with zero attached hydrogens (tertiary/aromatic N) is 1. The minimum absolute atomic E-state index is 0.296. The van der Waals surface area contributed by atoms with Crippen LogP contribution in [0.4, 0.5) is 11.4 Å². The Kier molecular flexibility index (Phi) is 9.67. The second-order valence-electron chi connectivity index (χ2n) is 7.08. The van der Waals surface area contributed by atoms with Gasteiger partial charge in [0.2, 0.25) is 0 Å². The molecule has 36 heavy (non-hydrogen) atoms. The van der Waals surface area contributed by atoms with Crippen LogP contribution in [0.3, 0.4) is 0 Å². The molecule has 0 radical (unpaired) electrons. The van der Waals surface area contributed by atoms with Crippen LogP contribution in [0, 0.1) is 0 Å². The predicted molar refractivity (Wildman–Crippen MR) is 139 cm³/mol. The van der Waals surface area contributed by atoms with Crippen molar-refractivity contribution in [3.05, 3.63) is 82.3 Å². The third-order valence-corrected chi connectivity index (χ3v) is 5.04. The zero-order chi connectivity index (χ0) is 25.9. The molecule has 0 atom stereocenters. The Bertz CT molecular complexity index is 1280. The number of halogens is 2. The van der Waals surface area contributed by atoms with Gasteiger partial charge in [-0.05, 0) is 49.4 Å². The standard InChI is InChI=1S/C25H22Cl2N4O5/c1-2-35-22-10-6-4-8-20(22)30-24(33)25(34)31-28-14-16-7-3-5-9-21(16)36-15-23(32)29-19-12-11-17(26)13-18(19)27/h3-14H,2,15H2,1H3,(H,29,32)(H,30,33)(H,31,34)/b28-14-. The van der Waals surface area contributed by atoms with Gasteiger partial charge in [0.15, 0.2) is 6.61 Å². The average Bonchev–Trinajstić information content (AvgIpc) is 2.86. The molecule has 0 spiro atoms. The minimum Gasteiger partial charge on any atom is -0.492 e. The van der Waals surface area contributed by atoms with E-state index in [9.17, 15) is 14.4 Å². The van der Waals surface area contributed by atoms with Gasteiger partial charge in [0.25, 0.3) is 5.91 Å². The molecule has 9 nitrogen and oxygen atoms in total. The SMILES string of the molecule is CCOc1ccccc1NC(=O)C(=O)N/N=C\c1ccccc1OCC(=O)Nc1ccc(Cl)cc1Cl. The summed E-state index contributed by atoms with van der Waals surface area (Å²) < 4.78 is 11.0. The second-order valence-corrected chi connectivity index (χ2v) is 7.92. The van der Waals surface area contributed by atoms with Crippen molar-refractivity contribution in [2.24, 2.45) is 5.10 Å². The maximum absolute atomic E-state index is 12.3. The van der Waals surface area contributed by atoms with E-state index >= 15 is 0 Å². The van der Waals surface area contributed by atoms with E-state index in [1.54, 1.807) is 60.7 Å². The zero-order valence-corrected chi connectivity index (χ0v) is 20.6. The van der Waals surface area contributed by atoms with Crippen molar-refractivity contribution in [2.45, 2.75) is 6.92 Å². The highest BCUT2D eigenvalue weighted by Crippen LogP contribution is 2.25. The predicted octanol–water partition coefficient (Wildman–Crippen LogP) is 4.50. The molecule has 3 aromatic rings. The molecular weight excluding hydrogens is 507 g/mol. The van der Waals surface area contributed by atoms with Gasteiger partial charge >= 0.3 is 11.8 Å². The largest absolute Gasteiger partial charge is 0.492 e. The Morgan fingerprint density at radius 1 is 0.861 bits per heavy atom. The molecule has 3 N–H and O–H groups in total. The Hall–Kier alpha value is -4.08. The molecule has 0 heterocycles. The number of carbonyl (C=O) groups is 3. The first-order valence-electron chi connectivity index (χ1n) is 10.7.